The lowest BCUT2D eigenvalue weighted by Gasteiger charge is -2.38. The average molecular weight is 620 g/mol. The van der Waals surface area contributed by atoms with E-state index in [0.29, 0.717) is 11.0 Å². The molecule has 9 heteroatoms. The molecule has 0 bridgehead atoms. The molecule has 2 fully saturated rings. The quantitative estimate of drug-likeness (QED) is 0.398. The van der Waals surface area contributed by atoms with Crippen molar-refractivity contribution in [2.24, 2.45) is 0 Å². The molecule has 1 spiro atoms. The molecule has 6 nitrogen and oxygen atoms in total. The molecule has 2 aromatic carbocycles. The van der Waals surface area contributed by atoms with Crippen molar-refractivity contribution >= 4 is 23.9 Å². The Bertz CT molecular complexity index is 1260. The summed E-state index contributed by atoms with van der Waals surface area (Å²) in [5, 5.41) is 3.33. The fraction of sp³-hybridized carbons (Fsp3) is 0.588. The van der Waals surface area contributed by atoms with Gasteiger partial charge in [-0.2, -0.15) is 0 Å². The topological polar surface area (TPSA) is 61.9 Å². The van der Waals surface area contributed by atoms with Crippen LogP contribution in [-0.4, -0.2) is 73.6 Å². The van der Waals surface area contributed by atoms with E-state index in [-0.39, 0.29) is 17.4 Å². The van der Waals surface area contributed by atoms with Gasteiger partial charge in [-0.1, -0.05) is 23.7 Å². The van der Waals surface area contributed by atoms with E-state index in [4.69, 9.17) is 16.3 Å². The van der Waals surface area contributed by atoms with E-state index in [0.717, 1.165) is 69.4 Å². The van der Waals surface area contributed by atoms with Crippen LogP contribution in [-0.2, 0) is 26.2 Å². The summed E-state index contributed by atoms with van der Waals surface area (Å²) in [5.74, 6) is -0.831. The van der Waals surface area contributed by atoms with E-state index in [1.54, 1.807) is 27.0 Å². The van der Waals surface area contributed by atoms with Crippen molar-refractivity contribution in [1.29, 1.82) is 0 Å². The van der Waals surface area contributed by atoms with Crippen molar-refractivity contribution < 1.29 is 23.1 Å². The number of amides is 2. The Morgan fingerprint density at radius 2 is 1.72 bits per heavy atom. The summed E-state index contributed by atoms with van der Waals surface area (Å²) in [6.45, 7) is 13.5. The van der Waals surface area contributed by atoms with Gasteiger partial charge in [0, 0.05) is 56.3 Å². The van der Waals surface area contributed by atoms with E-state index in [1.165, 1.54) is 30.7 Å². The molecule has 1 atom stereocenters. The Balaban J connectivity index is 0.000000187. The summed E-state index contributed by atoms with van der Waals surface area (Å²) < 4.78 is 31.4. The van der Waals surface area contributed by atoms with Crippen LogP contribution in [0.4, 0.5) is 8.78 Å². The molecule has 43 heavy (non-hydrogen) atoms. The molecule has 2 aromatic rings. The van der Waals surface area contributed by atoms with Crippen molar-refractivity contribution in [2.75, 3.05) is 40.3 Å². The van der Waals surface area contributed by atoms with Crippen LogP contribution in [0, 0.1) is 11.6 Å². The zero-order valence-corrected chi connectivity index (χ0v) is 27.5. The number of aryl methyl sites for hydroxylation is 1. The molecule has 0 saturated carbocycles. The third kappa shape index (κ3) is 8.77. The molecule has 1 unspecified atom stereocenters. The molecular weight excluding hydrogens is 572 g/mol. The number of carbonyl (C=O) groups excluding carboxylic acids is 2. The first-order chi connectivity index (χ1) is 20.2. The van der Waals surface area contributed by atoms with Gasteiger partial charge in [0.2, 0.25) is 6.41 Å². The molecule has 2 amide bonds. The lowest BCUT2D eigenvalue weighted by atomic mass is 9.74. The van der Waals surface area contributed by atoms with Crippen molar-refractivity contribution in [2.45, 2.75) is 89.2 Å². The number of halogens is 3. The Kier molecular flexibility index (Phi) is 11.8. The Morgan fingerprint density at radius 1 is 1.05 bits per heavy atom. The lowest BCUT2D eigenvalue weighted by Crippen LogP contribution is -2.41. The second kappa shape index (κ2) is 14.5. The van der Waals surface area contributed by atoms with Gasteiger partial charge in [0.05, 0.1) is 0 Å². The molecule has 2 aliphatic heterocycles. The van der Waals surface area contributed by atoms with Crippen LogP contribution in [0.3, 0.4) is 0 Å². The van der Waals surface area contributed by atoms with Crippen LogP contribution in [0.5, 0.6) is 0 Å². The predicted octanol–water partition coefficient (Wildman–Crippen LogP) is 6.49. The summed E-state index contributed by atoms with van der Waals surface area (Å²) in [7, 11) is 3.10. The molecule has 5 rings (SSSR count). The molecule has 1 N–H and O–H groups in total. The van der Waals surface area contributed by atoms with Gasteiger partial charge in [-0.3, -0.25) is 14.5 Å². The predicted molar refractivity (Wildman–Crippen MR) is 169 cm³/mol. The van der Waals surface area contributed by atoms with E-state index in [9.17, 15) is 18.4 Å². The van der Waals surface area contributed by atoms with Gasteiger partial charge < -0.3 is 15.0 Å². The van der Waals surface area contributed by atoms with E-state index in [1.807, 2.05) is 11.0 Å². The highest BCUT2D eigenvalue weighted by molar-refractivity contribution is 6.30. The van der Waals surface area contributed by atoms with E-state index >= 15 is 0 Å². The lowest BCUT2D eigenvalue weighted by molar-refractivity contribution is -0.138. The third-order valence-corrected chi connectivity index (χ3v) is 9.47. The maximum absolute atomic E-state index is 13.7. The van der Waals surface area contributed by atoms with Crippen LogP contribution in [0.1, 0.15) is 82.9 Å². The highest BCUT2D eigenvalue weighted by Crippen LogP contribution is 2.46. The Morgan fingerprint density at radius 3 is 2.23 bits per heavy atom. The Labute approximate surface area is 261 Å². The number of hydrogen-bond donors (Lipinski definition) is 1. The van der Waals surface area contributed by atoms with E-state index in [2.05, 4.69) is 43.1 Å². The minimum Gasteiger partial charge on any atom is -0.369 e. The number of nitrogens with one attached hydrogen (secondary N) is 1. The van der Waals surface area contributed by atoms with Crippen LogP contribution < -0.4 is 5.32 Å². The second-order valence-corrected chi connectivity index (χ2v) is 13.7. The number of methoxy groups -OCH3 is 1. The van der Waals surface area contributed by atoms with Gasteiger partial charge in [0.25, 0.3) is 5.91 Å². The van der Waals surface area contributed by atoms with Crippen molar-refractivity contribution in [3.8, 4) is 0 Å². The van der Waals surface area contributed by atoms with Crippen LogP contribution in [0.2, 0.25) is 5.02 Å². The zero-order valence-electron chi connectivity index (χ0n) is 26.7. The van der Waals surface area contributed by atoms with Gasteiger partial charge in [0.1, 0.15) is 17.2 Å². The van der Waals surface area contributed by atoms with Crippen molar-refractivity contribution in [3.05, 3.63) is 69.7 Å². The van der Waals surface area contributed by atoms with Gasteiger partial charge in [0.15, 0.2) is 0 Å². The molecule has 0 radical (unpaired) electrons. The van der Waals surface area contributed by atoms with Crippen LogP contribution in [0.25, 0.3) is 0 Å². The normalized spacial score (nSPS) is 19.6. The summed E-state index contributed by atoms with van der Waals surface area (Å²) in [5.41, 5.74) is 3.28. The first-order valence-corrected chi connectivity index (χ1v) is 15.5. The SMILES string of the molecule is CC(C)(C)N1CCC(c2ccc(F)cc2F)C1.CNC(=O)C(C)(C)OC.O=CN1CCC2(CCc3cc(Cl)ccc32)CC1. The van der Waals surface area contributed by atoms with Gasteiger partial charge in [-0.05, 0) is 114 Å². The summed E-state index contributed by atoms with van der Waals surface area (Å²) >= 11 is 6.04. The monoisotopic (exact) mass is 619 g/mol. The summed E-state index contributed by atoms with van der Waals surface area (Å²) in [6.07, 6.45) is 6.47. The molecular formula is C34H48ClF2N3O3. The number of ether oxygens (including phenoxy) is 1. The molecule has 3 aliphatic rings. The number of carbonyl (C=O) groups is 2. The first-order valence-electron chi connectivity index (χ1n) is 15.1. The maximum Gasteiger partial charge on any atom is 0.251 e. The van der Waals surface area contributed by atoms with Crippen molar-refractivity contribution in [3.63, 3.8) is 0 Å². The number of likely N-dealkylation sites (tertiary alicyclic amines) is 2. The van der Waals surface area contributed by atoms with E-state index < -0.39 is 17.2 Å². The fourth-order valence-electron chi connectivity index (χ4n) is 6.22. The minimum absolute atomic E-state index is 0.106. The summed E-state index contributed by atoms with van der Waals surface area (Å²) in [6, 6.07) is 10.2. The number of likely N-dealkylation sites (N-methyl/N-ethyl adjacent to an activating group) is 1. The van der Waals surface area contributed by atoms with Crippen molar-refractivity contribution in [1.82, 2.24) is 15.1 Å². The van der Waals surface area contributed by atoms with Crippen LogP contribution >= 0.6 is 11.6 Å². The number of rotatable bonds is 4. The highest BCUT2D eigenvalue weighted by Gasteiger charge is 2.41. The smallest absolute Gasteiger partial charge is 0.251 e. The third-order valence-electron chi connectivity index (χ3n) is 9.24. The standard InChI is InChI=1S/C14H16ClNO.C14H19F2N.C6H13NO2/c15-12-1-2-13-11(9-12)3-4-14(13)5-7-16(10-17)8-6-14;1-14(2,3)17-7-6-10(9-17)12-5-4-11(15)8-13(12)16;1-6(2,9-4)5(8)7-3/h1-2,9-10H,3-8H2;4-5,8,10H,6-7,9H2,1-3H3;1-4H3,(H,7,8). The molecule has 0 aromatic heterocycles. The fourth-order valence-corrected chi connectivity index (χ4v) is 6.42. The number of piperidine rings is 1. The Hall–Kier alpha value is -2.55. The van der Waals surface area contributed by atoms with Crippen LogP contribution in [0.15, 0.2) is 36.4 Å². The second-order valence-electron chi connectivity index (χ2n) is 13.3. The van der Waals surface area contributed by atoms with Gasteiger partial charge >= 0.3 is 0 Å². The molecule has 2 saturated heterocycles. The molecule has 1 aliphatic carbocycles. The maximum atomic E-state index is 13.7. The number of fused-ring (bicyclic) bond motifs is 2. The highest BCUT2D eigenvalue weighted by atomic mass is 35.5. The average Bonchev–Trinajstić information content (AvgIpc) is 3.60. The molecule has 238 valence electrons. The number of hydrogen-bond acceptors (Lipinski definition) is 4. The summed E-state index contributed by atoms with van der Waals surface area (Å²) in [4.78, 5) is 25.8. The first kappa shape index (κ1) is 34.9. The van der Waals surface area contributed by atoms with Gasteiger partial charge in [-0.25, -0.2) is 8.78 Å². The number of nitrogens with zero attached hydrogens (tertiary/aromatic N) is 2. The largest absolute Gasteiger partial charge is 0.369 e. The number of benzene rings is 2. The van der Waals surface area contributed by atoms with Gasteiger partial charge in [-0.15, -0.1) is 0 Å². The zero-order chi connectivity index (χ0) is 32.0. The minimum atomic E-state index is -0.700. The molecule has 2 heterocycles.